The van der Waals surface area contributed by atoms with Gasteiger partial charge in [0.2, 0.25) is 9.84 Å². The lowest BCUT2D eigenvalue weighted by Gasteiger charge is -2.01. The van der Waals surface area contributed by atoms with Crippen LogP contribution in [0.3, 0.4) is 0 Å². The lowest BCUT2D eigenvalue weighted by Crippen LogP contribution is -2.03. The molecule has 0 unspecified atom stereocenters. The van der Waals surface area contributed by atoms with Gasteiger partial charge in [-0.15, -0.1) is 0 Å². The number of halogens is 2. The van der Waals surface area contributed by atoms with Crippen molar-refractivity contribution in [1.29, 1.82) is 0 Å². The van der Waals surface area contributed by atoms with Crippen LogP contribution >= 0.6 is 34.5 Å². The molecule has 1 heterocycles. The molecule has 0 atom stereocenters. The first kappa shape index (κ1) is 13.6. The summed E-state index contributed by atoms with van der Waals surface area (Å²) in [5, 5.41) is 3.54. The number of sulfone groups is 1. The summed E-state index contributed by atoms with van der Waals surface area (Å²) in [5.74, 6) is 0. The largest absolute Gasteiger partial charge is 0.365 e. The number of thiazole rings is 1. The molecule has 0 fully saturated rings. The van der Waals surface area contributed by atoms with Crippen LogP contribution in [0.25, 0.3) is 0 Å². The van der Waals surface area contributed by atoms with Gasteiger partial charge in [-0.25, -0.2) is 13.4 Å². The Morgan fingerprint density at radius 1 is 1.22 bits per heavy atom. The topological polar surface area (TPSA) is 59.1 Å². The molecular weight excluding hydrogens is 315 g/mol. The molecule has 18 heavy (non-hydrogen) atoms. The van der Waals surface area contributed by atoms with Crippen LogP contribution in [0.15, 0.2) is 34.2 Å². The molecule has 0 radical (unpaired) electrons. The minimum absolute atomic E-state index is 0.113. The average Bonchev–Trinajstić information content (AvgIpc) is 2.72. The fraction of sp³-hybridized carbons (Fsp3) is 0.100. The van der Waals surface area contributed by atoms with Gasteiger partial charge in [0.25, 0.3) is 0 Å². The Kier molecular flexibility index (Phi) is 3.82. The second-order valence-electron chi connectivity index (χ2n) is 3.31. The zero-order valence-electron chi connectivity index (χ0n) is 9.15. The highest BCUT2D eigenvalue weighted by Gasteiger charge is 2.25. The molecular formula is C10H8Cl2N2O2S2. The highest BCUT2D eigenvalue weighted by molar-refractivity contribution is 7.91. The van der Waals surface area contributed by atoms with Crippen molar-refractivity contribution >= 4 is 49.5 Å². The Hall–Kier alpha value is -0.820. The second-order valence-corrected chi connectivity index (χ2v) is 7.21. The standard InChI is InChI=1S/C10H8Cl2N2O2S2/c1-13-10-14-9(8(12)17-10)18(15,16)7-4-2-6(11)3-5-7/h2-5H,1H3,(H,13,14). The number of aromatic nitrogens is 1. The number of nitrogens with one attached hydrogen (secondary N) is 1. The van der Waals surface area contributed by atoms with Gasteiger partial charge < -0.3 is 5.32 Å². The third-order valence-electron chi connectivity index (χ3n) is 2.15. The molecule has 2 aromatic rings. The fourth-order valence-corrected chi connectivity index (χ4v) is 4.17. The molecule has 2 rings (SSSR count). The van der Waals surface area contributed by atoms with Crippen molar-refractivity contribution in [2.45, 2.75) is 9.92 Å². The normalized spacial score (nSPS) is 11.5. The summed E-state index contributed by atoms with van der Waals surface area (Å²) in [6, 6.07) is 5.86. The molecule has 0 spiro atoms. The summed E-state index contributed by atoms with van der Waals surface area (Å²) in [5.41, 5.74) is 0. The predicted octanol–water partition coefficient (Wildman–Crippen LogP) is 3.32. The highest BCUT2D eigenvalue weighted by atomic mass is 35.5. The van der Waals surface area contributed by atoms with Gasteiger partial charge in [-0.2, -0.15) is 0 Å². The molecule has 0 aliphatic carbocycles. The molecule has 1 aromatic heterocycles. The Bertz CT molecular complexity index is 666. The van der Waals surface area contributed by atoms with Crippen molar-refractivity contribution in [3.8, 4) is 0 Å². The van der Waals surface area contributed by atoms with E-state index in [1.165, 1.54) is 24.3 Å². The molecule has 0 bridgehead atoms. The van der Waals surface area contributed by atoms with E-state index < -0.39 is 9.84 Å². The van der Waals surface area contributed by atoms with Crippen molar-refractivity contribution in [2.24, 2.45) is 0 Å². The Morgan fingerprint density at radius 3 is 2.33 bits per heavy atom. The van der Waals surface area contributed by atoms with Crippen LogP contribution in [0.2, 0.25) is 9.36 Å². The molecule has 0 aliphatic rings. The van der Waals surface area contributed by atoms with Crippen molar-refractivity contribution in [2.75, 3.05) is 12.4 Å². The molecule has 4 nitrogen and oxygen atoms in total. The van der Waals surface area contributed by atoms with E-state index in [0.29, 0.717) is 10.2 Å². The molecule has 1 aromatic carbocycles. The lowest BCUT2D eigenvalue weighted by atomic mass is 10.4. The monoisotopic (exact) mass is 322 g/mol. The van der Waals surface area contributed by atoms with Crippen LogP contribution in [-0.4, -0.2) is 20.4 Å². The van der Waals surface area contributed by atoms with E-state index in [9.17, 15) is 8.42 Å². The number of nitrogens with zero attached hydrogens (tertiary/aromatic N) is 1. The van der Waals surface area contributed by atoms with Crippen molar-refractivity contribution < 1.29 is 8.42 Å². The van der Waals surface area contributed by atoms with Gasteiger partial charge >= 0.3 is 0 Å². The summed E-state index contributed by atoms with van der Waals surface area (Å²) in [7, 11) is -2.06. The third kappa shape index (κ3) is 2.47. The molecule has 0 amide bonds. The third-order valence-corrected chi connectivity index (χ3v) is 5.61. The zero-order chi connectivity index (χ0) is 13.3. The van der Waals surface area contributed by atoms with Gasteiger partial charge in [0.05, 0.1) is 4.90 Å². The van der Waals surface area contributed by atoms with Crippen molar-refractivity contribution in [3.05, 3.63) is 33.6 Å². The van der Waals surface area contributed by atoms with E-state index in [2.05, 4.69) is 10.3 Å². The Morgan fingerprint density at radius 2 is 1.83 bits per heavy atom. The first-order valence-electron chi connectivity index (χ1n) is 4.80. The number of benzene rings is 1. The Balaban J connectivity index is 2.54. The van der Waals surface area contributed by atoms with E-state index in [1.807, 2.05) is 0 Å². The summed E-state index contributed by atoms with van der Waals surface area (Å²) in [6.45, 7) is 0. The smallest absolute Gasteiger partial charge is 0.226 e. The van der Waals surface area contributed by atoms with E-state index in [0.717, 1.165) is 11.3 Å². The SMILES string of the molecule is CNc1nc(S(=O)(=O)c2ccc(Cl)cc2)c(Cl)s1. The summed E-state index contributed by atoms with van der Waals surface area (Å²) in [4.78, 5) is 4.07. The van der Waals surface area contributed by atoms with Gasteiger partial charge in [-0.3, -0.25) is 0 Å². The molecule has 8 heteroatoms. The highest BCUT2D eigenvalue weighted by Crippen LogP contribution is 2.34. The molecule has 0 aliphatic heterocycles. The summed E-state index contributed by atoms with van der Waals surface area (Å²) >= 11 is 12.7. The van der Waals surface area contributed by atoms with Crippen LogP contribution in [0.1, 0.15) is 0 Å². The van der Waals surface area contributed by atoms with Crippen molar-refractivity contribution in [3.63, 3.8) is 0 Å². The fourth-order valence-electron chi connectivity index (χ4n) is 1.29. The van der Waals surface area contributed by atoms with E-state index in [4.69, 9.17) is 23.2 Å². The average molecular weight is 323 g/mol. The second kappa shape index (κ2) is 5.05. The van der Waals surface area contributed by atoms with Crippen molar-refractivity contribution in [1.82, 2.24) is 4.98 Å². The summed E-state index contributed by atoms with van der Waals surface area (Å²) in [6.07, 6.45) is 0. The van der Waals surface area contributed by atoms with Crippen LogP contribution in [0.4, 0.5) is 5.13 Å². The number of hydrogen-bond donors (Lipinski definition) is 1. The van der Waals surface area contributed by atoms with Gasteiger partial charge in [-0.1, -0.05) is 34.5 Å². The number of rotatable bonds is 3. The molecule has 1 N–H and O–H groups in total. The maximum absolute atomic E-state index is 12.3. The van der Waals surface area contributed by atoms with E-state index in [1.54, 1.807) is 7.05 Å². The molecule has 0 saturated carbocycles. The molecule has 0 saturated heterocycles. The van der Waals surface area contributed by atoms with Gasteiger partial charge in [0, 0.05) is 12.1 Å². The van der Waals surface area contributed by atoms with Crippen LogP contribution < -0.4 is 5.32 Å². The van der Waals surface area contributed by atoms with Gasteiger partial charge in [0.15, 0.2) is 10.2 Å². The lowest BCUT2D eigenvalue weighted by molar-refractivity contribution is 0.593. The maximum Gasteiger partial charge on any atom is 0.226 e. The maximum atomic E-state index is 12.3. The van der Waals surface area contributed by atoms with E-state index >= 15 is 0 Å². The first-order valence-corrected chi connectivity index (χ1v) is 7.85. The van der Waals surface area contributed by atoms with Crippen LogP contribution in [0.5, 0.6) is 0 Å². The van der Waals surface area contributed by atoms with Crippen LogP contribution in [-0.2, 0) is 9.84 Å². The summed E-state index contributed by atoms with van der Waals surface area (Å²) < 4.78 is 24.7. The minimum Gasteiger partial charge on any atom is -0.365 e. The number of hydrogen-bond acceptors (Lipinski definition) is 5. The minimum atomic E-state index is -3.71. The predicted molar refractivity (Wildman–Crippen MR) is 73.6 cm³/mol. The molecule has 96 valence electrons. The van der Waals surface area contributed by atoms with Crippen LogP contribution in [0, 0.1) is 0 Å². The van der Waals surface area contributed by atoms with E-state index in [-0.39, 0.29) is 14.3 Å². The van der Waals surface area contributed by atoms with Gasteiger partial charge in [-0.05, 0) is 24.3 Å². The van der Waals surface area contributed by atoms with Gasteiger partial charge in [0.1, 0.15) is 4.34 Å². The first-order chi connectivity index (χ1) is 8.45. The quantitative estimate of drug-likeness (QED) is 0.941. The zero-order valence-corrected chi connectivity index (χ0v) is 12.3. The Labute approximate surface area is 118 Å². The number of anilines is 1.